The van der Waals surface area contributed by atoms with Gasteiger partial charge in [0.2, 0.25) is 0 Å². The summed E-state index contributed by atoms with van der Waals surface area (Å²) < 4.78 is 5.84. The van der Waals surface area contributed by atoms with Crippen molar-refractivity contribution in [2.75, 3.05) is 0 Å². The highest BCUT2D eigenvalue weighted by Gasteiger charge is 2.15. The molecule has 16 heavy (non-hydrogen) atoms. The third-order valence-corrected chi connectivity index (χ3v) is 3.23. The van der Waals surface area contributed by atoms with Crippen LogP contribution in [0.5, 0.6) is 5.75 Å². The molecular formula is C13H14ClNO. The Morgan fingerprint density at radius 2 is 2.00 bits per heavy atom. The highest BCUT2D eigenvalue weighted by Crippen LogP contribution is 2.26. The molecule has 0 radical (unpaired) electrons. The maximum absolute atomic E-state index is 8.76. The molecule has 3 heteroatoms. The Bertz CT molecular complexity index is 405. The van der Waals surface area contributed by atoms with Gasteiger partial charge in [0.1, 0.15) is 11.8 Å². The molecule has 0 aromatic heterocycles. The molecule has 0 spiro atoms. The highest BCUT2D eigenvalue weighted by atomic mass is 35.5. The van der Waals surface area contributed by atoms with Crippen LogP contribution in [0.2, 0.25) is 5.02 Å². The van der Waals surface area contributed by atoms with Crippen molar-refractivity contribution in [2.24, 2.45) is 0 Å². The topological polar surface area (TPSA) is 33.0 Å². The van der Waals surface area contributed by atoms with Gasteiger partial charge in [-0.2, -0.15) is 5.26 Å². The fraction of sp³-hybridized carbons (Fsp3) is 0.462. The first-order valence-corrected chi connectivity index (χ1v) is 6.03. The molecule has 1 saturated carbocycles. The Kier molecular flexibility index (Phi) is 3.69. The van der Waals surface area contributed by atoms with E-state index >= 15 is 0 Å². The fourth-order valence-electron chi connectivity index (χ4n) is 2.04. The molecule has 1 aliphatic carbocycles. The van der Waals surface area contributed by atoms with Gasteiger partial charge in [-0.3, -0.25) is 0 Å². The minimum atomic E-state index is 0.317. The summed E-state index contributed by atoms with van der Waals surface area (Å²) in [4.78, 5) is 0. The molecule has 0 amide bonds. The van der Waals surface area contributed by atoms with Crippen LogP contribution < -0.4 is 4.74 Å². The van der Waals surface area contributed by atoms with E-state index in [0.717, 1.165) is 18.6 Å². The number of halogens is 1. The van der Waals surface area contributed by atoms with E-state index in [9.17, 15) is 0 Å². The Morgan fingerprint density at radius 1 is 1.25 bits per heavy atom. The number of rotatable bonds is 2. The van der Waals surface area contributed by atoms with Gasteiger partial charge in [0.25, 0.3) is 0 Å². The summed E-state index contributed by atoms with van der Waals surface area (Å²) in [5, 5.41) is 9.22. The van der Waals surface area contributed by atoms with Crippen LogP contribution in [0.4, 0.5) is 0 Å². The van der Waals surface area contributed by atoms with Gasteiger partial charge in [-0.1, -0.05) is 18.0 Å². The van der Waals surface area contributed by atoms with E-state index in [1.54, 1.807) is 12.1 Å². The van der Waals surface area contributed by atoms with Crippen LogP contribution in [-0.2, 0) is 0 Å². The van der Waals surface area contributed by atoms with Gasteiger partial charge in [0.05, 0.1) is 16.7 Å². The van der Waals surface area contributed by atoms with Crippen molar-refractivity contribution in [3.63, 3.8) is 0 Å². The molecule has 1 aliphatic rings. The second-order valence-corrected chi connectivity index (χ2v) is 4.54. The molecule has 0 unspecified atom stereocenters. The van der Waals surface area contributed by atoms with Crippen LogP contribution in [0.1, 0.15) is 37.7 Å². The maximum atomic E-state index is 8.76. The zero-order valence-electron chi connectivity index (χ0n) is 9.08. The number of hydrogen-bond acceptors (Lipinski definition) is 2. The highest BCUT2D eigenvalue weighted by molar-refractivity contribution is 6.31. The van der Waals surface area contributed by atoms with E-state index in [0.29, 0.717) is 16.7 Å². The molecule has 0 aliphatic heterocycles. The van der Waals surface area contributed by atoms with Crippen molar-refractivity contribution in [3.8, 4) is 11.8 Å². The second-order valence-electron chi connectivity index (χ2n) is 4.13. The molecule has 1 fully saturated rings. The van der Waals surface area contributed by atoms with Gasteiger partial charge in [-0.15, -0.1) is 0 Å². The predicted octanol–water partition coefficient (Wildman–Crippen LogP) is 3.92. The summed E-state index contributed by atoms with van der Waals surface area (Å²) in [6, 6.07) is 7.30. The van der Waals surface area contributed by atoms with Gasteiger partial charge in [-0.25, -0.2) is 0 Å². The number of nitriles is 1. The second kappa shape index (κ2) is 5.23. The minimum Gasteiger partial charge on any atom is -0.490 e. The van der Waals surface area contributed by atoms with Crippen LogP contribution >= 0.6 is 11.6 Å². The van der Waals surface area contributed by atoms with Crippen molar-refractivity contribution < 1.29 is 4.74 Å². The summed E-state index contributed by atoms with van der Waals surface area (Å²) >= 11 is 5.94. The standard InChI is InChI=1S/C13H14ClNO/c14-13-8-12(7-6-10(13)9-15)16-11-4-2-1-3-5-11/h6-8,11H,1-5H2. The van der Waals surface area contributed by atoms with Crippen molar-refractivity contribution in [3.05, 3.63) is 28.8 Å². The monoisotopic (exact) mass is 235 g/mol. The third kappa shape index (κ3) is 2.68. The van der Waals surface area contributed by atoms with E-state index in [-0.39, 0.29) is 0 Å². The van der Waals surface area contributed by atoms with Crippen molar-refractivity contribution in [1.29, 1.82) is 5.26 Å². The quantitative estimate of drug-likeness (QED) is 0.778. The Morgan fingerprint density at radius 3 is 2.62 bits per heavy atom. The zero-order valence-corrected chi connectivity index (χ0v) is 9.83. The van der Waals surface area contributed by atoms with Gasteiger partial charge >= 0.3 is 0 Å². The van der Waals surface area contributed by atoms with Gasteiger partial charge < -0.3 is 4.74 Å². The van der Waals surface area contributed by atoms with E-state index in [1.165, 1.54) is 19.3 Å². The summed E-state index contributed by atoms with van der Waals surface area (Å²) in [6.45, 7) is 0. The lowest BCUT2D eigenvalue weighted by Crippen LogP contribution is -2.19. The first kappa shape index (κ1) is 11.3. The van der Waals surface area contributed by atoms with Crippen molar-refractivity contribution in [2.45, 2.75) is 38.2 Å². The molecule has 0 heterocycles. The van der Waals surface area contributed by atoms with Crippen LogP contribution in [0, 0.1) is 11.3 Å². The average Bonchev–Trinajstić information content (AvgIpc) is 2.31. The van der Waals surface area contributed by atoms with Crippen LogP contribution in [-0.4, -0.2) is 6.10 Å². The molecular weight excluding hydrogens is 222 g/mol. The molecule has 0 atom stereocenters. The van der Waals surface area contributed by atoms with Crippen LogP contribution in [0.25, 0.3) is 0 Å². The van der Waals surface area contributed by atoms with Gasteiger partial charge in [-0.05, 0) is 37.8 Å². The molecule has 1 aromatic rings. The van der Waals surface area contributed by atoms with Crippen molar-refractivity contribution >= 4 is 11.6 Å². The first-order chi connectivity index (χ1) is 7.79. The summed E-state index contributed by atoms with van der Waals surface area (Å²) in [5.41, 5.74) is 0.498. The van der Waals surface area contributed by atoms with Gasteiger partial charge in [0.15, 0.2) is 0 Å². The zero-order chi connectivity index (χ0) is 11.4. The van der Waals surface area contributed by atoms with Crippen molar-refractivity contribution in [1.82, 2.24) is 0 Å². The minimum absolute atomic E-state index is 0.317. The normalized spacial score (nSPS) is 16.8. The number of ether oxygens (including phenoxy) is 1. The number of nitrogens with zero attached hydrogens (tertiary/aromatic N) is 1. The SMILES string of the molecule is N#Cc1ccc(OC2CCCCC2)cc1Cl. The Balaban J connectivity index is 2.04. The number of benzene rings is 1. The lowest BCUT2D eigenvalue weighted by molar-refractivity contribution is 0.155. The molecule has 0 saturated heterocycles. The lowest BCUT2D eigenvalue weighted by Gasteiger charge is -2.23. The Hall–Kier alpha value is -1.20. The first-order valence-electron chi connectivity index (χ1n) is 5.66. The van der Waals surface area contributed by atoms with E-state index < -0.39 is 0 Å². The van der Waals surface area contributed by atoms with Crippen LogP contribution in [0.3, 0.4) is 0 Å². The van der Waals surface area contributed by atoms with Gasteiger partial charge in [0, 0.05) is 6.07 Å². The van der Waals surface area contributed by atoms with E-state index in [2.05, 4.69) is 0 Å². The Labute approximate surface area is 101 Å². The average molecular weight is 236 g/mol. The number of hydrogen-bond donors (Lipinski definition) is 0. The maximum Gasteiger partial charge on any atom is 0.121 e. The van der Waals surface area contributed by atoms with E-state index in [1.807, 2.05) is 12.1 Å². The van der Waals surface area contributed by atoms with Crippen LogP contribution in [0.15, 0.2) is 18.2 Å². The third-order valence-electron chi connectivity index (χ3n) is 2.92. The molecule has 0 bridgehead atoms. The summed E-state index contributed by atoms with van der Waals surface area (Å²) in [6.07, 6.45) is 6.37. The largest absolute Gasteiger partial charge is 0.490 e. The van der Waals surface area contributed by atoms with E-state index in [4.69, 9.17) is 21.6 Å². The molecule has 84 valence electrons. The molecule has 2 nitrogen and oxygen atoms in total. The molecule has 0 N–H and O–H groups in total. The molecule has 1 aromatic carbocycles. The predicted molar refractivity (Wildman–Crippen MR) is 63.7 cm³/mol. The molecule has 2 rings (SSSR count). The fourth-order valence-corrected chi connectivity index (χ4v) is 2.25. The lowest BCUT2D eigenvalue weighted by atomic mass is 9.98. The smallest absolute Gasteiger partial charge is 0.121 e. The summed E-state index contributed by atoms with van der Waals surface area (Å²) in [5.74, 6) is 0.774. The summed E-state index contributed by atoms with van der Waals surface area (Å²) in [7, 11) is 0.